The minimum Gasteiger partial charge on any atom is -0.494 e. The number of halogens is 1. The Kier molecular flexibility index (Phi) is 7.32. The van der Waals surface area contributed by atoms with E-state index < -0.39 is 5.91 Å². The minimum absolute atomic E-state index is 0. The van der Waals surface area contributed by atoms with E-state index in [1.54, 1.807) is 18.2 Å². The molecule has 0 aromatic heterocycles. The highest BCUT2D eigenvalue weighted by molar-refractivity contribution is 6.03. The number of primary amides is 1. The Morgan fingerprint density at radius 3 is 2.65 bits per heavy atom. The van der Waals surface area contributed by atoms with Crippen LogP contribution in [0.1, 0.15) is 43.0 Å². The van der Waals surface area contributed by atoms with Crippen molar-refractivity contribution in [2.45, 2.75) is 38.6 Å². The van der Waals surface area contributed by atoms with E-state index in [2.05, 4.69) is 5.32 Å². The second-order valence-electron chi connectivity index (χ2n) is 5.61. The summed E-state index contributed by atoms with van der Waals surface area (Å²) < 4.78 is 5.34. The van der Waals surface area contributed by atoms with Crippen molar-refractivity contribution < 1.29 is 14.3 Å². The fourth-order valence-corrected chi connectivity index (χ4v) is 2.85. The maximum absolute atomic E-state index is 12.1. The number of nitrogens with two attached hydrogens (primary N) is 2. The van der Waals surface area contributed by atoms with Gasteiger partial charge in [0.25, 0.3) is 5.91 Å². The molecular formula is C16H24ClN3O3. The number of rotatable bonds is 6. The van der Waals surface area contributed by atoms with Crippen LogP contribution in [0.2, 0.25) is 0 Å². The topological polar surface area (TPSA) is 107 Å². The van der Waals surface area contributed by atoms with Gasteiger partial charge >= 0.3 is 0 Å². The lowest BCUT2D eigenvalue weighted by molar-refractivity contribution is -0.117. The second kappa shape index (κ2) is 8.74. The number of carbonyl (C=O) groups is 2. The van der Waals surface area contributed by atoms with Crippen molar-refractivity contribution in [1.82, 2.24) is 0 Å². The van der Waals surface area contributed by atoms with Crippen LogP contribution in [0, 0.1) is 5.92 Å². The molecule has 0 aliphatic heterocycles. The first kappa shape index (κ1) is 19.3. The van der Waals surface area contributed by atoms with Crippen molar-refractivity contribution in [3.63, 3.8) is 0 Å². The molecule has 0 bridgehead atoms. The lowest BCUT2D eigenvalue weighted by atomic mass is 9.99. The minimum atomic E-state index is -0.602. The first-order valence-electron chi connectivity index (χ1n) is 7.63. The van der Waals surface area contributed by atoms with Crippen LogP contribution in [0.4, 0.5) is 5.69 Å². The summed E-state index contributed by atoms with van der Waals surface area (Å²) in [5.41, 5.74) is 12.0. The summed E-state index contributed by atoms with van der Waals surface area (Å²) in [6.45, 7) is 2.34. The molecule has 0 spiro atoms. The molecule has 23 heavy (non-hydrogen) atoms. The molecule has 2 rings (SSSR count). The third-order valence-corrected chi connectivity index (χ3v) is 4.01. The molecule has 1 aliphatic carbocycles. The van der Waals surface area contributed by atoms with Gasteiger partial charge in [-0.05, 0) is 43.9 Å². The van der Waals surface area contributed by atoms with Crippen molar-refractivity contribution in [3.8, 4) is 5.75 Å². The Bertz CT molecular complexity index is 566. The number of benzene rings is 1. The summed E-state index contributed by atoms with van der Waals surface area (Å²) in [6, 6.07) is 4.97. The number of hydrogen-bond acceptors (Lipinski definition) is 4. The maximum Gasteiger partial charge on any atom is 0.250 e. The fourth-order valence-electron chi connectivity index (χ4n) is 2.85. The number of anilines is 1. The standard InChI is InChI=1S/C16H23N3O3.ClH/c1-2-22-11-6-7-14(12(9-11)16(18)21)19-15(20)8-10-4-3-5-13(10)17;/h6-7,9-10,13H,2-5,8,17H2,1H3,(H2,18,21)(H,19,20);1H/t10-,13+;/m0./s1. The Balaban J connectivity index is 0.00000264. The van der Waals surface area contributed by atoms with Crippen molar-refractivity contribution in [2.75, 3.05) is 11.9 Å². The smallest absolute Gasteiger partial charge is 0.250 e. The summed E-state index contributed by atoms with van der Waals surface area (Å²) in [5, 5.41) is 2.76. The Morgan fingerprint density at radius 2 is 2.09 bits per heavy atom. The third-order valence-electron chi connectivity index (χ3n) is 4.01. The highest BCUT2D eigenvalue weighted by Crippen LogP contribution is 2.28. The summed E-state index contributed by atoms with van der Waals surface area (Å²) in [6.07, 6.45) is 3.37. The van der Waals surface area contributed by atoms with Gasteiger partial charge in [-0.25, -0.2) is 0 Å². The number of hydrogen-bond donors (Lipinski definition) is 3. The zero-order valence-electron chi connectivity index (χ0n) is 13.2. The van der Waals surface area contributed by atoms with Gasteiger partial charge in [0.05, 0.1) is 17.9 Å². The zero-order chi connectivity index (χ0) is 16.1. The van der Waals surface area contributed by atoms with Gasteiger partial charge in [0, 0.05) is 12.5 Å². The summed E-state index contributed by atoms with van der Waals surface area (Å²) in [5.74, 6) is 0.00951. The molecule has 2 amide bonds. The third kappa shape index (κ3) is 5.11. The van der Waals surface area contributed by atoms with Gasteiger partial charge in [-0.1, -0.05) is 6.42 Å². The average molecular weight is 342 g/mol. The summed E-state index contributed by atoms with van der Waals surface area (Å²) in [4.78, 5) is 23.7. The fraction of sp³-hybridized carbons (Fsp3) is 0.500. The van der Waals surface area contributed by atoms with Crippen molar-refractivity contribution >= 4 is 29.9 Å². The second-order valence-corrected chi connectivity index (χ2v) is 5.61. The highest BCUT2D eigenvalue weighted by atomic mass is 35.5. The van der Waals surface area contributed by atoms with Crippen molar-refractivity contribution in [1.29, 1.82) is 0 Å². The Hall–Kier alpha value is -1.79. The van der Waals surface area contributed by atoms with Gasteiger partial charge in [0.1, 0.15) is 5.75 Å². The van der Waals surface area contributed by atoms with Crippen LogP contribution in [0.25, 0.3) is 0 Å². The molecule has 0 unspecified atom stereocenters. The molecule has 1 saturated carbocycles. The monoisotopic (exact) mass is 341 g/mol. The Morgan fingerprint density at radius 1 is 1.35 bits per heavy atom. The quantitative estimate of drug-likeness (QED) is 0.736. The van der Waals surface area contributed by atoms with Crippen LogP contribution < -0.4 is 21.5 Å². The number of ether oxygens (including phenoxy) is 1. The van der Waals surface area contributed by atoms with E-state index in [1.165, 1.54) is 0 Å². The van der Waals surface area contributed by atoms with Gasteiger partial charge in [0.15, 0.2) is 0 Å². The van der Waals surface area contributed by atoms with Gasteiger partial charge in [-0.3, -0.25) is 9.59 Å². The molecule has 1 fully saturated rings. The largest absolute Gasteiger partial charge is 0.494 e. The average Bonchev–Trinajstić information content (AvgIpc) is 2.86. The molecule has 0 radical (unpaired) electrons. The van der Waals surface area contributed by atoms with Crippen LogP contribution in [-0.2, 0) is 4.79 Å². The van der Waals surface area contributed by atoms with E-state index in [1.807, 2.05) is 6.92 Å². The molecule has 0 saturated heterocycles. The van der Waals surface area contributed by atoms with Crippen molar-refractivity contribution in [3.05, 3.63) is 23.8 Å². The Labute approximate surface area is 142 Å². The van der Waals surface area contributed by atoms with Crippen LogP contribution in [0.15, 0.2) is 18.2 Å². The predicted octanol–water partition coefficient (Wildman–Crippen LogP) is 2.06. The first-order chi connectivity index (χ1) is 10.5. The molecule has 7 heteroatoms. The van der Waals surface area contributed by atoms with Crippen LogP contribution in [0.3, 0.4) is 0 Å². The lowest BCUT2D eigenvalue weighted by Gasteiger charge is -2.16. The molecule has 1 aromatic rings. The first-order valence-corrected chi connectivity index (χ1v) is 7.63. The zero-order valence-corrected chi connectivity index (χ0v) is 14.0. The number of carbonyl (C=O) groups excluding carboxylic acids is 2. The van der Waals surface area contributed by atoms with Crippen LogP contribution in [-0.4, -0.2) is 24.5 Å². The molecule has 1 aromatic carbocycles. The van der Waals surface area contributed by atoms with Gasteiger partial charge in [-0.2, -0.15) is 0 Å². The van der Waals surface area contributed by atoms with E-state index in [4.69, 9.17) is 16.2 Å². The molecule has 6 nitrogen and oxygen atoms in total. The van der Waals surface area contributed by atoms with E-state index in [0.717, 1.165) is 19.3 Å². The predicted molar refractivity (Wildman–Crippen MR) is 91.9 cm³/mol. The van der Waals surface area contributed by atoms with Crippen LogP contribution >= 0.6 is 12.4 Å². The highest BCUT2D eigenvalue weighted by Gasteiger charge is 2.26. The van der Waals surface area contributed by atoms with E-state index in [0.29, 0.717) is 24.5 Å². The van der Waals surface area contributed by atoms with Gasteiger partial charge in [-0.15, -0.1) is 12.4 Å². The van der Waals surface area contributed by atoms with E-state index in [9.17, 15) is 9.59 Å². The normalized spacial score (nSPS) is 19.7. The molecule has 2 atom stereocenters. The summed E-state index contributed by atoms with van der Waals surface area (Å²) in [7, 11) is 0. The lowest BCUT2D eigenvalue weighted by Crippen LogP contribution is -2.28. The maximum atomic E-state index is 12.1. The van der Waals surface area contributed by atoms with Crippen LogP contribution in [0.5, 0.6) is 5.75 Å². The van der Waals surface area contributed by atoms with E-state index in [-0.39, 0.29) is 35.8 Å². The molecule has 0 heterocycles. The molecule has 5 N–H and O–H groups in total. The summed E-state index contributed by atoms with van der Waals surface area (Å²) >= 11 is 0. The van der Waals surface area contributed by atoms with Gasteiger partial charge < -0.3 is 21.5 Å². The molecular weight excluding hydrogens is 318 g/mol. The number of amides is 2. The number of nitrogens with one attached hydrogen (secondary N) is 1. The van der Waals surface area contributed by atoms with Crippen molar-refractivity contribution in [2.24, 2.45) is 17.4 Å². The molecule has 1 aliphatic rings. The van der Waals surface area contributed by atoms with Gasteiger partial charge in [0.2, 0.25) is 5.91 Å². The SMILES string of the molecule is CCOc1ccc(NC(=O)C[C@@H]2CCC[C@H]2N)c(C(N)=O)c1.Cl. The van der Waals surface area contributed by atoms with E-state index >= 15 is 0 Å². The molecule has 128 valence electrons.